The lowest BCUT2D eigenvalue weighted by molar-refractivity contribution is 0.661. The molecule has 0 saturated heterocycles. The molecule has 0 unspecified atom stereocenters. The molecule has 0 atom stereocenters. The Balaban J connectivity index is 1.27. The Bertz CT molecular complexity index is 2790. The van der Waals surface area contributed by atoms with Gasteiger partial charge in [-0.15, -0.1) is 0 Å². The van der Waals surface area contributed by atoms with Gasteiger partial charge in [-0.2, -0.15) is 0 Å². The number of pyridine rings is 1. The molecule has 0 spiro atoms. The molecule has 250 valence electrons. The van der Waals surface area contributed by atoms with Gasteiger partial charge in [0.15, 0.2) is 17.5 Å². The summed E-state index contributed by atoms with van der Waals surface area (Å²) in [7, 11) is 0. The van der Waals surface area contributed by atoms with Gasteiger partial charge in [0.25, 0.3) is 0 Å². The first-order valence-corrected chi connectivity index (χ1v) is 18.1. The quantitative estimate of drug-likeness (QED) is 0.182. The third-order valence-corrected chi connectivity index (χ3v) is 10.7. The van der Waals surface area contributed by atoms with Crippen molar-refractivity contribution in [2.75, 3.05) is 0 Å². The Kier molecular flexibility index (Phi) is 7.12. The highest BCUT2D eigenvalue weighted by molar-refractivity contribution is 6.09. The van der Waals surface area contributed by atoms with Gasteiger partial charge in [-0.1, -0.05) is 153 Å². The van der Waals surface area contributed by atoms with Crippen LogP contribution in [-0.2, 0) is 5.41 Å². The predicted molar refractivity (Wildman–Crippen MR) is 217 cm³/mol. The molecule has 2 aromatic heterocycles. The smallest absolute Gasteiger partial charge is 0.164 e. The topological polar surface area (TPSA) is 51.6 Å². The molecule has 0 saturated carbocycles. The Morgan fingerprint density at radius 3 is 1.58 bits per heavy atom. The van der Waals surface area contributed by atoms with Gasteiger partial charge in [0.05, 0.1) is 11.2 Å². The minimum atomic E-state index is -0.136. The van der Waals surface area contributed by atoms with E-state index in [9.17, 15) is 0 Å². The molecule has 7 aromatic carbocycles. The Morgan fingerprint density at radius 1 is 0.358 bits per heavy atom. The summed E-state index contributed by atoms with van der Waals surface area (Å²) >= 11 is 0. The van der Waals surface area contributed by atoms with Crippen molar-refractivity contribution in [3.63, 3.8) is 0 Å². The van der Waals surface area contributed by atoms with Gasteiger partial charge in [0.1, 0.15) is 0 Å². The van der Waals surface area contributed by atoms with Gasteiger partial charge in [-0.05, 0) is 74.5 Å². The molecule has 1 aliphatic rings. The van der Waals surface area contributed by atoms with Crippen LogP contribution in [0.4, 0.5) is 0 Å². The zero-order chi connectivity index (χ0) is 35.5. The largest absolute Gasteiger partial charge is 0.248 e. The van der Waals surface area contributed by atoms with Gasteiger partial charge in [-0.3, -0.25) is 0 Å². The van der Waals surface area contributed by atoms with E-state index in [-0.39, 0.29) is 5.41 Å². The number of nitrogens with zero attached hydrogens (tertiary/aromatic N) is 4. The van der Waals surface area contributed by atoms with Crippen LogP contribution in [0.3, 0.4) is 0 Å². The van der Waals surface area contributed by atoms with Crippen LogP contribution < -0.4 is 0 Å². The lowest BCUT2D eigenvalue weighted by Gasteiger charge is -2.22. The van der Waals surface area contributed by atoms with Crippen LogP contribution >= 0.6 is 0 Å². The van der Waals surface area contributed by atoms with Crippen molar-refractivity contribution in [1.29, 1.82) is 0 Å². The van der Waals surface area contributed by atoms with E-state index < -0.39 is 0 Å². The molecule has 0 N–H and O–H groups in total. The maximum atomic E-state index is 5.36. The van der Waals surface area contributed by atoms with Gasteiger partial charge >= 0.3 is 0 Å². The molecule has 9 aromatic rings. The number of rotatable bonds is 5. The van der Waals surface area contributed by atoms with Crippen molar-refractivity contribution in [1.82, 2.24) is 19.9 Å². The number of hydrogen-bond donors (Lipinski definition) is 0. The molecule has 4 heteroatoms. The molecular formula is C49H34N4. The fourth-order valence-corrected chi connectivity index (χ4v) is 8.00. The highest BCUT2D eigenvalue weighted by Gasteiger charge is 2.36. The van der Waals surface area contributed by atoms with Gasteiger partial charge in [0, 0.05) is 33.1 Å². The predicted octanol–water partition coefficient (Wildman–Crippen LogP) is 12.2. The maximum absolute atomic E-state index is 5.36. The second kappa shape index (κ2) is 12.2. The maximum Gasteiger partial charge on any atom is 0.164 e. The lowest BCUT2D eigenvalue weighted by atomic mass is 9.82. The third-order valence-electron chi connectivity index (χ3n) is 10.7. The molecule has 53 heavy (non-hydrogen) atoms. The fraction of sp³-hybridized carbons (Fsp3) is 0.0612. The van der Waals surface area contributed by atoms with Crippen LogP contribution in [0.15, 0.2) is 170 Å². The minimum Gasteiger partial charge on any atom is -0.248 e. The summed E-state index contributed by atoms with van der Waals surface area (Å²) in [4.78, 5) is 20.6. The molecule has 0 amide bonds. The van der Waals surface area contributed by atoms with Gasteiger partial charge in [-0.25, -0.2) is 19.9 Å². The Morgan fingerprint density at radius 2 is 0.906 bits per heavy atom. The van der Waals surface area contributed by atoms with Crippen LogP contribution in [0.2, 0.25) is 0 Å². The molecule has 4 nitrogen and oxygen atoms in total. The second-order valence-corrected chi connectivity index (χ2v) is 14.3. The first-order chi connectivity index (χ1) is 26.0. The zero-order valence-corrected chi connectivity index (χ0v) is 29.5. The van der Waals surface area contributed by atoms with E-state index in [4.69, 9.17) is 19.9 Å². The van der Waals surface area contributed by atoms with Crippen molar-refractivity contribution in [2.24, 2.45) is 0 Å². The van der Waals surface area contributed by atoms with E-state index in [0.29, 0.717) is 17.5 Å². The summed E-state index contributed by atoms with van der Waals surface area (Å²) in [6.45, 7) is 4.65. The SMILES string of the molecule is CC1(C)c2ccccc2-c2cc3c(-c4cc(-c5nc(-c6ccccc6)nc(-c6ccccc6)n5)cc5ccccc45)cc(-c4ccccc4)nc3cc21. The van der Waals surface area contributed by atoms with Crippen LogP contribution in [0.5, 0.6) is 0 Å². The average Bonchev–Trinajstić information content (AvgIpc) is 3.45. The third kappa shape index (κ3) is 5.22. The van der Waals surface area contributed by atoms with Crippen LogP contribution in [0.1, 0.15) is 25.0 Å². The summed E-state index contributed by atoms with van der Waals surface area (Å²) in [5, 5.41) is 3.38. The number of benzene rings is 7. The van der Waals surface area contributed by atoms with Crippen molar-refractivity contribution in [2.45, 2.75) is 19.3 Å². The van der Waals surface area contributed by atoms with Crippen molar-refractivity contribution in [3.05, 3.63) is 181 Å². The van der Waals surface area contributed by atoms with Crippen molar-refractivity contribution >= 4 is 21.7 Å². The minimum absolute atomic E-state index is 0.136. The molecule has 0 aliphatic heterocycles. The van der Waals surface area contributed by atoms with Gasteiger partial charge in [0.2, 0.25) is 0 Å². The Hall–Kier alpha value is -6.78. The fourth-order valence-electron chi connectivity index (χ4n) is 8.00. The molecule has 10 rings (SSSR count). The molecule has 1 aliphatic carbocycles. The van der Waals surface area contributed by atoms with Crippen molar-refractivity contribution in [3.8, 4) is 67.7 Å². The molecule has 0 radical (unpaired) electrons. The average molecular weight is 679 g/mol. The van der Waals surface area contributed by atoms with E-state index >= 15 is 0 Å². The zero-order valence-electron chi connectivity index (χ0n) is 29.5. The molecule has 2 heterocycles. The molecule has 0 bridgehead atoms. The molecular weight excluding hydrogens is 645 g/mol. The first-order valence-electron chi connectivity index (χ1n) is 18.1. The number of fused-ring (bicyclic) bond motifs is 5. The summed E-state index contributed by atoms with van der Waals surface area (Å²) in [6.07, 6.45) is 0. The normalized spacial score (nSPS) is 12.9. The number of aromatic nitrogens is 4. The second-order valence-electron chi connectivity index (χ2n) is 14.3. The monoisotopic (exact) mass is 678 g/mol. The van der Waals surface area contributed by atoms with E-state index in [1.54, 1.807) is 0 Å². The van der Waals surface area contributed by atoms with Crippen LogP contribution in [0, 0.1) is 0 Å². The van der Waals surface area contributed by atoms with Crippen molar-refractivity contribution < 1.29 is 0 Å². The first kappa shape index (κ1) is 31.0. The lowest BCUT2D eigenvalue weighted by Crippen LogP contribution is -2.14. The Labute approximate surface area is 308 Å². The van der Waals surface area contributed by atoms with E-state index in [1.807, 2.05) is 60.7 Å². The highest BCUT2D eigenvalue weighted by atomic mass is 15.0. The highest BCUT2D eigenvalue weighted by Crippen LogP contribution is 2.51. The van der Waals surface area contributed by atoms with E-state index in [2.05, 4.69) is 123 Å². The summed E-state index contributed by atoms with van der Waals surface area (Å²) in [5.41, 5.74) is 13.1. The standard InChI is InChI=1S/C49H34N4/c1-49(2)42-25-15-14-24-37(42)40-28-41-39(29-44(31-16-6-3-7-17-31)50-45(41)30-43(40)49)38-27-35(26-34-22-12-13-23-36(34)38)48-52-46(32-18-8-4-9-19-32)51-47(53-48)33-20-10-5-11-21-33/h3-30H,1-2H3. The van der Waals surface area contributed by atoms with E-state index in [1.165, 1.54) is 22.3 Å². The van der Waals surface area contributed by atoms with Crippen LogP contribution in [0.25, 0.3) is 89.4 Å². The summed E-state index contributed by atoms with van der Waals surface area (Å²) < 4.78 is 0. The molecule has 0 fully saturated rings. The number of hydrogen-bond acceptors (Lipinski definition) is 4. The summed E-state index contributed by atoms with van der Waals surface area (Å²) in [6, 6.07) is 59.6. The van der Waals surface area contributed by atoms with Gasteiger partial charge < -0.3 is 0 Å². The van der Waals surface area contributed by atoms with E-state index in [0.717, 1.165) is 60.8 Å². The van der Waals surface area contributed by atoms with Crippen LogP contribution in [-0.4, -0.2) is 19.9 Å². The summed E-state index contributed by atoms with van der Waals surface area (Å²) in [5.74, 6) is 1.91.